The van der Waals surface area contributed by atoms with Crippen molar-refractivity contribution in [1.82, 2.24) is 25.2 Å². The Morgan fingerprint density at radius 2 is 1.50 bits per heavy atom. The van der Waals surface area contributed by atoms with Gasteiger partial charge < -0.3 is 74.8 Å². The number of phosphoric acid groups is 3. The highest BCUT2D eigenvalue weighted by Crippen LogP contribution is 2.71. The van der Waals surface area contributed by atoms with E-state index in [2.05, 4.69) is 50.5 Å². The van der Waals surface area contributed by atoms with Gasteiger partial charge in [-0.05, 0) is 102 Å². The molecule has 0 saturated carbocycles. The second-order valence-electron chi connectivity index (χ2n) is 25.5. The molecule has 2 aromatic heterocycles. The summed E-state index contributed by atoms with van der Waals surface area (Å²) >= 11 is 0. The molecule has 0 spiro atoms. The van der Waals surface area contributed by atoms with Crippen LogP contribution in [0.4, 0.5) is 17.2 Å². The van der Waals surface area contributed by atoms with Crippen molar-refractivity contribution < 1.29 is 130 Å². The summed E-state index contributed by atoms with van der Waals surface area (Å²) < 4.78 is 149. The summed E-state index contributed by atoms with van der Waals surface area (Å²) in [5.74, 6) is 4.87. The van der Waals surface area contributed by atoms with Crippen LogP contribution in [0, 0.1) is 11.8 Å². The number of aromatic nitrogens is 3. The third-order valence-corrected chi connectivity index (χ3v) is 29.9. The second kappa shape index (κ2) is 34.6. The summed E-state index contributed by atoms with van der Waals surface area (Å²) in [6.45, 7) is 10.5. The fourth-order valence-corrected chi connectivity index (χ4v) is 20.4. The third kappa shape index (κ3) is 22.1. The summed E-state index contributed by atoms with van der Waals surface area (Å²) in [5.41, 5.74) is 9.81. The Hall–Kier alpha value is -5.13. The number of ether oxygens (including phenoxy) is 1. The number of nitrogens with one attached hydrogen (secondary N) is 2. The number of phosphoric ester groups is 1. The summed E-state index contributed by atoms with van der Waals surface area (Å²) in [4.78, 5) is 124. The fraction of sp³-hybridized carbons (Fsp3) is 0.500. The molecular weight excluding hydrogens is 1550 g/mol. The molecule has 5 heterocycles. The Bertz CT molecular complexity index is 4580. The lowest BCUT2D eigenvalue weighted by molar-refractivity contribution is -0.438. The van der Waals surface area contributed by atoms with Gasteiger partial charge in [-0.25, -0.2) is 23.7 Å². The van der Waals surface area contributed by atoms with Crippen molar-refractivity contribution in [3.8, 4) is 11.8 Å². The summed E-state index contributed by atoms with van der Waals surface area (Å²) in [7, 11) is -34.2. The summed E-state index contributed by atoms with van der Waals surface area (Å²) in [6.07, 6.45) is 8.92. The number of amides is 2. The van der Waals surface area contributed by atoms with E-state index in [-0.39, 0.29) is 95.4 Å². The second-order valence-corrected chi connectivity index (χ2v) is 39.9. The zero-order valence-corrected chi connectivity index (χ0v) is 64.7. The topological polar surface area (TPSA) is 551 Å². The lowest BCUT2D eigenvalue weighted by Gasteiger charge is -2.30. The van der Waals surface area contributed by atoms with Gasteiger partial charge in [0.15, 0.2) is 10.6 Å². The number of carbonyl (C=O) groups is 3. The normalized spacial score (nSPS) is 19.6. The van der Waals surface area contributed by atoms with Crippen LogP contribution in [0.5, 0.6) is 0 Å². The molecule has 0 bridgehead atoms. The summed E-state index contributed by atoms with van der Waals surface area (Å²) in [5, 5.41) is 16.5. The number of hydrogen-bond donors (Lipinski definition) is 14. The van der Waals surface area contributed by atoms with E-state index < -0.39 is 124 Å². The van der Waals surface area contributed by atoms with Gasteiger partial charge in [0.25, 0.3) is 20.2 Å². The van der Waals surface area contributed by atoms with Crippen LogP contribution in [0.15, 0.2) is 94.8 Å². The molecule has 3 aliphatic rings. The van der Waals surface area contributed by atoms with Crippen molar-refractivity contribution in [2.75, 3.05) is 48.4 Å². The van der Waals surface area contributed by atoms with Crippen LogP contribution in [0.25, 0.3) is 11.0 Å². The van der Waals surface area contributed by atoms with Crippen LogP contribution in [0.2, 0.25) is 0 Å². The van der Waals surface area contributed by atoms with Gasteiger partial charge in [0.05, 0.1) is 38.9 Å². The maximum absolute atomic E-state index is 13.7. The molecule has 44 heteroatoms. The number of benzene rings is 2. The van der Waals surface area contributed by atoms with Crippen molar-refractivity contribution in [1.29, 1.82) is 0 Å². The number of rotatable bonds is 37. The highest BCUT2D eigenvalue weighted by molar-refractivity contribution is 8.76. The van der Waals surface area contributed by atoms with Crippen LogP contribution in [-0.2, 0) is 86.2 Å². The predicted octanol–water partition coefficient (Wildman–Crippen LogP) is 7.26. The minimum atomic E-state index is -5.82. The van der Waals surface area contributed by atoms with Crippen molar-refractivity contribution >= 4 is 132 Å². The molecule has 15 N–H and O–H groups in total. The number of aliphatic hydroxyl groups excluding tert-OH is 1. The molecule has 1 fully saturated rings. The van der Waals surface area contributed by atoms with Crippen molar-refractivity contribution in [2.45, 2.75) is 162 Å². The van der Waals surface area contributed by atoms with Crippen LogP contribution < -0.4 is 21.3 Å². The number of hydrogen-bond acceptors (Lipinski definition) is 23. The Morgan fingerprint density at radius 1 is 0.837 bits per heavy atom. The van der Waals surface area contributed by atoms with E-state index in [1.54, 1.807) is 12.1 Å². The molecule has 4 aromatic rings. The smallest absolute Gasteiger partial charge is 0.390 e. The van der Waals surface area contributed by atoms with Crippen molar-refractivity contribution in [3.05, 3.63) is 102 Å². The van der Waals surface area contributed by atoms with Gasteiger partial charge in [-0.3, -0.25) is 37.1 Å². The number of ketones is 1. The van der Waals surface area contributed by atoms with Crippen LogP contribution in [0.1, 0.15) is 135 Å². The molecular formula is C60H84N8O27P5S4+. The van der Waals surface area contributed by atoms with Crippen LogP contribution >= 0.6 is 60.2 Å². The SMILES string of the molecule is CCN1C(=CC=CC=CC2=[N+](CCCCCC(=O)NC(CSSCCC(=O)CCC#Cc3cn([C@H]4C[C@@H](O)[C@@H](COP(=O)(O)OP(=O)(O)OP(=O)(O)O)O4)c4ncnc(N)c34)C(=O)NCCCCC(C)(P(=O)(O)O)P(=O)(O)O)c3ccc(S(=O)(=O)O)cc3C2(C)C)C(C)(C)c2cc(S(=O)(=O)O)ccc21. The highest BCUT2D eigenvalue weighted by atomic mass is 33.1. The molecule has 2 amide bonds. The Morgan fingerprint density at radius 3 is 2.14 bits per heavy atom. The standard InChI is InChI=1S/C60H83N8O27P5S4/c1-7-66-46-25-23-41(103(86,87)88)32-43(46)58(2,3)50(66)20-10-8-11-21-51-59(4,5)44-33-42(104(89,90)91)24-26-47(44)67(51)30-17-9-12-22-52(71)65-45(57(72)62-29-16-15-28-60(6,96(73,74)75)97(76,77)78)37-102-101-31-27-40(69)19-14-13-18-39-35-68(56-54(39)55(61)63-38-64-56)53-34-48(70)49(93-53)36-92-99(82,83)95-100(84,85)94-98(79,80)81/h8,10-11,20-21,23-26,32-33,35,38,45,48-49,53,70H,7,9,12,14-17,19,22,27-31,34,36-37H2,1-6H3,(H13-,61,62,63,64,65,71,72,73,74,75,76,77,78,79,80,81,82,83,84,85,86,87,88,89,90,91)/p+1/t45?,48-,49-,53-/m1/s1. The summed E-state index contributed by atoms with van der Waals surface area (Å²) in [6, 6.07) is 7.74. The largest absolute Gasteiger partial charge is 0.490 e. The first-order chi connectivity index (χ1) is 48.1. The molecule has 0 radical (unpaired) electrons. The predicted molar refractivity (Wildman–Crippen MR) is 384 cm³/mol. The van der Waals surface area contributed by atoms with Gasteiger partial charge in [-0.2, -0.15) is 30.0 Å². The molecule has 3 unspecified atom stereocenters. The molecule has 7 rings (SSSR count). The number of likely N-dealkylation sites (N-methyl/N-ethyl adjacent to an activating group) is 1. The first-order valence-electron chi connectivity index (χ1n) is 32.0. The van der Waals surface area contributed by atoms with E-state index in [4.69, 9.17) is 20.3 Å². The zero-order chi connectivity index (χ0) is 77.4. The van der Waals surface area contributed by atoms with E-state index in [0.717, 1.165) is 35.9 Å². The fourth-order valence-electron chi connectivity index (χ4n) is 11.9. The lowest BCUT2D eigenvalue weighted by atomic mass is 9.81. The monoisotopic (exact) mass is 1630 g/mol. The quantitative estimate of drug-likeness (QED) is 0.00401. The number of allylic oxidation sites excluding steroid dienone is 6. The number of nitrogens with zero attached hydrogens (tertiary/aromatic N) is 5. The molecule has 1 saturated heterocycles. The number of fused-ring (bicyclic) bond motifs is 3. The minimum absolute atomic E-state index is 0.00757. The maximum atomic E-state index is 13.7. The zero-order valence-electron chi connectivity index (χ0n) is 57.0. The molecule has 2 aromatic carbocycles. The Kier molecular flexibility index (Phi) is 28.7. The minimum Gasteiger partial charge on any atom is -0.390 e. The average molecular weight is 1630 g/mol. The molecule has 104 heavy (non-hydrogen) atoms. The van der Waals surface area contributed by atoms with Gasteiger partial charge in [0.2, 0.25) is 17.5 Å². The van der Waals surface area contributed by atoms with Gasteiger partial charge in [-0.15, -0.1) is 0 Å². The van der Waals surface area contributed by atoms with Gasteiger partial charge >= 0.3 is 38.7 Å². The van der Waals surface area contributed by atoms with E-state index in [1.807, 2.05) is 69.6 Å². The molecule has 35 nitrogen and oxygen atoms in total. The van der Waals surface area contributed by atoms with E-state index in [1.165, 1.54) is 56.6 Å². The number of carbonyl (C=O) groups excluding carboxylic acids is 3. The van der Waals surface area contributed by atoms with Gasteiger partial charge in [-0.1, -0.05) is 65.5 Å². The van der Waals surface area contributed by atoms with Gasteiger partial charge in [0.1, 0.15) is 48.5 Å². The van der Waals surface area contributed by atoms with E-state index >= 15 is 0 Å². The third-order valence-electron chi connectivity index (χ3n) is 17.4. The van der Waals surface area contributed by atoms with Crippen molar-refractivity contribution in [3.63, 3.8) is 0 Å². The lowest BCUT2D eigenvalue weighted by Crippen LogP contribution is -2.48. The number of anilines is 2. The number of nitrogens with two attached hydrogens (primary N) is 1. The number of unbranched alkanes of at least 4 members (excludes halogenated alkanes) is 3. The molecule has 574 valence electrons. The maximum Gasteiger partial charge on any atom is 0.490 e. The van der Waals surface area contributed by atoms with Crippen LogP contribution in [-0.4, -0.2) is 174 Å². The highest BCUT2D eigenvalue weighted by Gasteiger charge is 2.56. The molecule has 0 aliphatic carbocycles. The number of nitrogen functional groups attached to an aromatic ring is 1. The Balaban J connectivity index is 0.951. The Labute approximate surface area is 607 Å². The molecule has 3 aliphatic heterocycles. The van der Waals surface area contributed by atoms with Gasteiger partial charge in [0, 0.05) is 104 Å². The van der Waals surface area contributed by atoms with E-state index in [9.17, 15) is 97.6 Å². The molecule has 6 atom stereocenters. The number of aliphatic hydroxyl groups is 1. The average Bonchev–Trinajstić information content (AvgIpc) is 1.61. The van der Waals surface area contributed by atoms with Crippen molar-refractivity contribution in [2.24, 2.45) is 0 Å². The first-order valence-corrected chi connectivity index (χ1v) is 45.1. The number of Topliss-reactive ketones (excluding diaryl/α,β-unsaturated/α-hetero) is 1. The van der Waals surface area contributed by atoms with E-state index in [0.29, 0.717) is 49.2 Å². The van der Waals surface area contributed by atoms with Crippen LogP contribution in [0.3, 0.4) is 0 Å². The first kappa shape index (κ1) is 86.1.